The second kappa shape index (κ2) is 7.22. The Morgan fingerprint density at radius 2 is 2.17 bits per heavy atom. The summed E-state index contributed by atoms with van der Waals surface area (Å²) in [7, 11) is 1.72. The van der Waals surface area contributed by atoms with Crippen molar-refractivity contribution in [2.75, 3.05) is 13.7 Å². The minimum Gasteiger partial charge on any atom is -0.378 e. The van der Waals surface area contributed by atoms with E-state index >= 15 is 0 Å². The van der Waals surface area contributed by atoms with Gasteiger partial charge in [0.25, 0.3) is 0 Å². The molecule has 0 unspecified atom stereocenters. The summed E-state index contributed by atoms with van der Waals surface area (Å²) >= 11 is 1.71. The van der Waals surface area contributed by atoms with E-state index < -0.39 is 0 Å². The van der Waals surface area contributed by atoms with Gasteiger partial charge >= 0.3 is 0 Å². The highest BCUT2D eigenvalue weighted by Crippen LogP contribution is 2.24. The molecule has 1 saturated carbocycles. The molecule has 4 heteroatoms. The van der Waals surface area contributed by atoms with Crippen LogP contribution in [-0.2, 0) is 17.9 Å². The van der Waals surface area contributed by atoms with Crippen LogP contribution in [0.5, 0.6) is 0 Å². The lowest BCUT2D eigenvalue weighted by atomic mass is 9.94. The van der Waals surface area contributed by atoms with Gasteiger partial charge in [0.05, 0.1) is 12.3 Å². The second-order valence-corrected chi connectivity index (χ2v) is 5.96. The Morgan fingerprint density at radius 1 is 1.39 bits per heavy atom. The Morgan fingerprint density at radius 3 is 2.83 bits per heavy atom. The molecule has 0 atom stereocenters. The summed E-state index contributed by atoms with van der Waals surface area (Å²) in [6.07, 6.45) is 6.94. The molecule has 2 rings (SSSR count). The lowest BCUT2D eigenvalue weighted by Gasteiger charge is -2.33. The fraction of sp³-hybridized carbons (Fsp3) is 0.786. The van der Waals surface area contributed by atoms with Gasteiger partial charge in [-0.15, -0.1) is 11.3 Å². The molecule has 0 aliphatic heterocycles. The molecule has 0 bridgehead atoms. The number of aromatic nitrogens is 1. The molecule has 0 saturated heterocycles. The number of hydrogen-bond donors (Lipinski definition) is 0. The molecule has 102 valence electrons. The molecular formula is C14H24N2OS. The molecule has 0 radical (unpaired) electrons. The van der Waals surface area contributed by atoms with Gasteiger partial charge in [0.1, 0.15) is 5.01 Å². The average molecular weight is 268 g/mol. The van der Waals surface area contributed by atoms with Gasteiger partial charge in [-0.05, 0) is 19.4 Å². The normalized spacial score (nSPS) is 17.5. The van der Waals surface area contributed by atoms with Crippen molar-refractivity contribution < 1.29 is 4.74 Å². The number of methoxy groups -OCH3 is 1. The van der Waals surface area contributed by atoms with E-state index in [1.807, 2.05) is 0 Å². The number of nitrogens with zero attached hydrogens (tertiary/aromatic N) is 2. The van der Waals surface area contributed by atoms with Crippen LogP contribution >= 0.6 is 11.3 Å². The molecular weight excluding hydrogens is 244 g/mol. The minimum absolute atomic E-state index is 0.639. The number of thiazole rings is 1. The first kappa shape index (κ1) is 14.0. The Balaban J connectivity index is 1.91. The maximum Gasteiger partial charge on any atom is 0.119 e. The zero-order valence-electron chi connectivity index (χ0n) is 11.5. The van der Waals surface area contributed by atoms with Gasteiger partial charge in [-0.2, -0.15) is 0 Å². The highest BCUT2D eigenvalue weighted by atomic mass is 32.1. The van der Waals surface area contributed by atoms with Gasteiger partial charge in [-0.3, -0.25) is 4.90 Å². The zero-order valence-corrected chi connectivity index (χ0v) is 12.3. The van der Waals surface area contributed by atoms with E-state index in [9.17, 15) is 0 Å². The molecule has 0 N–H and O–H groups in total. The van der Waals surface area contributed by atoms with Crippen LogP contribution in [0.3, 0.4) is 0 Å². The van der Waals surface area contributed by atoms with Crippen molar-refractivity contribution in [3.8, 4) is 0 Å². The van der Waals surface area contributed by atoms with Gasteiger partial charge in [-0.1, -0.05) is 26.2 Å². The van der Waals surface area contributed by atoms with Crippen molar-refractivity contribution in [2.24, 2.45) is 0 Å². The third-order valence-corrected chi connectivity index (χ3v) is 4.60. The molecule has 1 heterocycles. The van der Waals surface area contributed by atoms with Crippen LogP contribution in [0.2, 0.25) is 0 Å². The van der Waals surface area contributed by atoms with E-state index in [0.717, 1.165) is 24.1 Å². The summed E-state index contributed by atoms with van der Waals surface area (Å²) in [6, 6.07) is 0.774. The van der Waals surface area contributed by atoms with Crippen molar-refractivity contribution in [2.45, 2.75) is 58.2 Å². The summed E-state index contributed by atoms with van der Waals surface area (Å²) in [6.45, 7) is 5.03. The van der Waals surface area contributed by atoms with Crippen molar-refractivity contribution in [3.05, 3.63) is 16.1 Å². The highest BCUT2D eigenvalue weighted by molar-refractivity contribution is 7.09. The fourth-order valence-corrected chi connectivity index (χ4v) is 3.52. The number of hydrogen-bond acceptors (Lipinski definition) is 4. The summed E-state index contributed by atoms with van der Waals surface area (Å²) in [5, 5.41) is 3.27. The molecule has 1 fully saturated rings. The van der Waals surface area contributed by atoms with Crippen molar-refractivity contribution >= 4 is 11.3 Å². The molecule has 1 aromatic heterocycles. The van der Waals surface area contributed by atoms with Crippen LogP contribution in [0.4, 0.5) is 0 Å². The third-order valence-electron chi connectivity index (χ3n) is 3.73. The first-order valence-corrected chi connectivity index (χ1v) is 7.87. The molecule has 1 aliphatic rings. The summed E-state index contributed by atoms with van der Waals surface area (Å²) in [4.78, 5) is 7.22. The second-order valence-electron chi connectivity index (χ2n) is 5.02. The van der Waals surface area contributed by atoms with Crippen LogP contribution in [0.15, 0.2) is 5.38 Å². The van der Waals surface area contributed by atoms with Gasteiger partial charge in [0.2, 0.25) is 0 Å². The fourth-order valence-electron chi connectivity index (χ4n) is 2.76. The van der Waals surface area contributed by atoms with Crippen LogP contribution in [0.25, 0.3) is 0 Å². The van der Waals surface area contributed by atoms with E-state index in [1.54, 1.807) is 18.4 Å². The number of rotatable bonds is 6. The molecule has 18 heavy (non-hydrogen) atoms. The maximum atomic E-state index is 5.12. The lowest BCUT2D eigenvalue weighted by molar-refractivity contribution is 0.154. The van der Waals surface area contributed by atoms with Gasteiger partial charge in [0, 0.05) is 25.1 Å². The van der Waals surface area contributed by atoms with Crippen LogP contribution in [0.1, 0.15) is 49.7 Å². The van der Waals surface area contributed by atoms with Gasteiger partial charge < -0.3 is 4.74 Å². The quantitative estimate of drug-likeness (QED) is 0.790. The van der Waals surface area contributed by atoms with Crippen molar-refractivity contribution in [1.82, 2.24) is 9.88 Å². The van der Waals surface area contributed by atoms with E-state index in [-0.39, 0.29) is 0 Å². The Labute approximate surface area is 114 Å². The topological polar surface area (TPSA) is 25.4 Å². The number of ether oxygens (including phenoxy) is 1. The standard InChI is InChI=1S/C14H24N2OS/c1-3-16(13-7-5-4-6-8-13)9-12-11-18-14(15-12)10-17-2/h11,13H,3-10H2,1-2H3. The third kappa shape index (κ3) is 3.77. The van der Waals surface area contributed by atoms with E-state index in [0.29, 0.717) is 6.61 Å². The lowest BCUT2D eigenvalue weighted by Crippen LogP contribution is -2.36. The van der Waals surface area contributed by atoms with Crippen molar-refractivity contribution in [3.63, 3.8) is 0 Å². The summed E-state index contributed by atoms with van der Waals surface area (Å²) in [5.74, 6) is 0. The smallest absolute Gasteiger partial charge is 0.119 e. The summed E-state index contributed by atoms with van der Waals surface area (Å²) < 4.78 is 5.12. The van der Waals surface area contributed by atoms with E-state index in [1.165, 1.54) is 37.8 Å². The molecule has 0 aromatic carbocycles. The average Bonchev–Trinajstić information content (AvgIpc) is 2.85. The maximum absolute atomic E-state index is 5.12. The Hall–Kier alpha value is -0.450. The van der Waals surface area contributed by atoms with Crippen molar-refractivity contribution in [1.29, 1.82) is 0 Å². The summed E-state index contributed by atoms with van der Waals surface area (Å²) in [5.41, 5.74) is 1.21. The predicted molar refractivity (Wildman–Crippen MR) is 75.8 cm³/mol. The largest absolute Gasteiger partial charge is 0.378 e. The van der Waals surface area contributed by atoms with Gasteiger partial charge in [0.15, 0.2) is 0 Å². The monoisotopic (exact) mass is 268 g/mol. The molecule has 0 amide bonds. The predicted octanol–water partition coefficient (Wildman–Crippen LogP) is 3.44. The van der Waals surface area contributed by atoms with E-state index in [4.69, 9.17) is 4.74 Å². The van der Waals surface area contributed by atoms with E-state index in [2.05, 4.69) is 22.2 Å². The Bertz CT molecular complexity index is 347. The van der Waals surface area contributed by atoms with Crippen LogP contribution in [0, 0.1) is 0 Å². The first-order chi connectivity index (χ1) is 8.83. The highest BCUT2D eigenvalue weighted by Gasteiger charge is 2.20. The van der Waals surface area contributed by atoms with Gasteiger partial charge in [-0.25, -0.2) is 4.98 Å². The van der Waals surface area contributed by atoms with Crippen LogP contribution < -0.4 is 0 Å². The molecule has 0 spiro atoms. The first-order valence-electron chi connectivity index (χ1n) is 6.99. The molecule has 3 nitrogen and oxygen atoms in total. The Kier molecular flexibility index (Phi) is 5.60. The molecule has 1 aromatic rings. The molecule has 1 aliphatic carbocycles. The minimum atomic E-state index is 0.639. The SMILES string of the molecule is CCN(Cc1csc(COC)n1)C1CCCCC1. The van der Waals surface area contributed by atoms with Crippen LogP contribution in [-0.4, -0.2) is 29.6 Å². The zero-order chi connectivity index (χ0) is 12.8.